The second-order valence-electron chi connectivity index (χ2n) is 4.37. The summed E-state index contributed by atoms with van der Waals surface area (Å²) in [6.07, 6.45) is 3.45. The molecular formula is C12H18N6O2S. The molecular weight excluding hydrogens is 292 g/mol. The number of hydrogen-bond acceptors (Lipinski definition) is 6. The largest absolute Gasteiger partial charge is 0.383 e. The molecule has 0 aliphatic rings. The minimum Gasteiger partial charge on any atom is -0.383 e. The molecule has 0 aliphatic heterocycles. The first-order valence-corrected chi connectivity index (χ1v) is 8.04. The summed E-state index contributed by atoms with van der Waals surface area (Å²) in [5.74, 6) is 0.591. The number of pyridine rings is 1. The van der Waals surface area contributed by atoms with Crippen molar-refractivity contribution in [2.45, 2.75) is 18.4 Å². The Morgan fingerprint density at radius 2 is 2.14 bits per heavy atom. The van der Waals surface area contributed by atoms with Crippen LogP contribution in [0.4, 0.5) is 5.69 Å². The van der Waals surface area contributed by atoms with E-state index in [0.29, 0.717) is 24.5 Å². The van der Waals surface area contributed by atoms with Crippen LogP contribution in [0.1, 0.15) is 12.7 Å². The first-order valence-electron chi connectivity index (χ1n) is 6.56. The predicted octanol–water partition coefficient (Wildman–Crippen LogP) is 0.163. The van der Waals surface area contributed by atoms with Crippen molar-refractivity contribution < 1.29 is 8.42 Å². The van der Waals surface area contributed by atoms with Crippen molar-refractivity contribution in [2.24, 2.45) is 7.05 Å². The van der Waals surface area contributed by atoms with E-state index >= 15 is 0 Å². The van der Waals surface area contributed by atoms with E-state index in [0.717, 1.165) is 0 Å². The molecule has 0 saturated carbocycles. The van der Waals surface area contributed by atoms with Gasteiger partial charge in [-0.3, -0.25) is 4.68 Å². The van der Waals surface area contributed by atoms with E-state index in [-0.39, 0.29) is 11.6 Å². The van der Waals surface area contributed by atoms with Crippen LogP contribution >= 0.6 is 0 Å². The second kappa shape index (κ2) is 6.64. The van der Waals surface area contributed by atoms with Crippen molar-refractivity contribution in [2.75, 3.05) is 18.4 Å². The third-order valence-corrected chi connectivity index (χ3v) is 4.10. The van der Waals surface area contributed by atoms with Gasteiger partial charge in [0, 0.05) is 32.8 Å². The molecule has 2 aromatic rings. The lowest BCUT2D eigenvalue weighted by Gasteiger charge is -2.10. The highest BCUT2D eigenvalue weighted by Gasteiger charge is 2.19. The van der Waals surface area contributed by atoms with Gasteiger partial charge in [-0.05, 0) is 19.1 Å². The van der Waals surface area contributed by atoms with E-state index in [1.807, 2.05) is 6.92 Å². The summed E-state index contributed by atoms with van der Waals surface area (Å²) in [5.41, 5.74) is 0.489. The number of aryl methyl sites for hydroxylation is 1. The monoisotopic (exact) mass is 310 g/mol. The maximum Gasteiger partial charge on any atom is 0.260 e. The molecule has 0 atom stereocenters. The molecule has 0 amide bonds. The highest BCUT2D eigenvalue weighted by atomic mass is 32.2. The molecule has 9 heteroatoms. The third kappa shape index (κ3) is 3.99. The molecule has 114 valence electrons. The molecule has 0 aliphatic carbocycles. The molecule has 2 N–H and O–H groups in total. The summed E-state index contributed by atoms with van der Waals surface area (Å²) in [6, 6.07) is 3.38. The molecule has 8 nitrogen and oxygen atoms in total. The Labute approximate surface area is 123 Å². The Hall–Kier alpha value is -2.00. The lowest BCUT2D eigenvalue weighted by molar-refractivity contribution is 0.577. The highest BCUT2D eigenvalue weighted by molar-refractivity contribution is 7.89. The topological polar surface area (TPSA) is 102 Å². The Morgan fingerprint density at radius 1 is 1.33 bits per heavy atom. The zero-order valence-electron chi connectivity index (χ0n) is 11.9. The van der Waals surface area contributed by atoms with Crippen molar-refractivity contribution >= 4 is 15.7 Å². The number of nitrogens with zero attached hydrogens (tertiary/aromatic N) is 4. The highest BCUT2D eigenvalue weighted by Crippen LogP contribution is 2.17. The fraction of sp³-hybridized carbons (Fsp3) is 0.417. The molecule has 0 radical (unpaired) electrons. The zero-order valence-corrected chi connectivity index (χ0v) is 12.8. The van der Waals surface area contributed by atoms with E-state index in [1.165, 1.54) is 6.20 Å². The summed E-state index contributed by atoms with van der Waals surface area (Å²) in [7, 11) is -1.90. The van der Waals surface area contributed by atoms with Gasteiger partial charge in [-0.1, -0.05) is 0 Å². The normalized spacial score (nSPS) is 11.5. The molecule has 0 unspecified atom stereocenters. The van der Waals surface area contributed by atoms with Crippen molar-refractivity contribution in [1.29, 1.82) is 0 Å². The van der Waals surface area contributed by atoms with Gasteiger partial charge >= 0.3 is 0 Å². The van der Waals surface area contributed by atoms with Crippen molar-refractivity contribution in [3.05, 3.63) is 30.5 Å². The van der Waals surface area contributed by atoms with Crippen LogP contribution < -0.4 is 10.0 Å². The third-order valence-electron chi connectivity index (χ3n) is 2.68. The lowest BCUT2D eigenvalue weighted by atomic mass is 10.4. The molecule has 0 aromatic carbocycles. The smallest absolute Gasteiger partial charge is 0.260 e. The van der Waals surface area contributed by atoms with E-state index in [9.17, 15) is 8.42 Å². The van der Waals surface area contributed by atoms with E-state index < -0.39 is 10.0 Å². The van der Waals surface area contributed by atoms with Gasteiger partial charge in [-0.25, -0.2) is 23.1 Å². The molecule has 0 saturated heterocycles. The maximum absolute atomic E-state index is 12.3. The number of sulfonamides is 1. The molecule has 0 spiro atoms. The van der Waals surface area contributed by atoms with Crippen molar-refractivity contribution in [1.82, 2.24) is 24.5 Å². The number of nitrogens with one attached hydrogen (secondary N) is 2. The van der Waals surface area contributed by atoms with Gasteiger partial charge < -0.3 is 5.32 Å². The summed E-state index contributed by atoms with van der Waals surface area (Å²) in [5, 5.41) is 7.08. The van der Waals surface area contributed by atoms with Crippen LogP contribution in [-0.2, 0) is 23.5 Å². The van der Waals surface area contributed by atoms with E-state index in [4.69, 9.17) is 0 Å². The Morgan fingerprint density at radius 3 is 2.81 bits per heavy atom. The quantitative estimate of drug-likeness (QED) is 0.755. The fourth-order valence-corrected chi connectivity index (χ4v) is 2.93. The summed E-state index contributed by atoms with van der Waals surface area (Å²) in [6.45, 7) is 2.73. The van der Waals surface area contributed by atoms with E-state index in [2.05, 4.69) is 25.1 Å². The molecule has 0 fully saturated rings. The minimum atomic E-state index is -3.66. The molecule has 2 aromatic heterocycles. The zero-order chi connectivity index (χ0) is 15.3. The molecule has 21 heavy (non-hydrogen) atoms. The van der Waals surface area contributed by atoms with Gasteiger partial charge in [-0.2, -0.15) is 5.10 Å². The number of aromatic nitrogens is 4. The summed E-state index contributed by atoms with van der Waals surface area (Å²) < 4.78 is 28.6. The molecule has 2 heterocycles. The molecule has 2 rings (SSSR count). The van der Waals surface area contributed by atoms with Gasteiger partial charge in [0.15, 0.2) is 10.9 Å². The second-order valence-corrected chi connectivity index (χ2v) is 6.05. The van der Waals surface area contributed by atoms with Gasteiger partial charge in [0.25, 0.3) is 10.0 Å². The van der Waals surface area contributed by atoms with Crippen LogP contribution in [0, 0.1) is 0 Å². The maximum atomic E-state index is 12.3. The van der Waals surface area contributed by atoms with Crippen LogP contribution in [0.5, 0.6) is 0 Å². The van der Waals surface area contributed by atoms with Crippen LogP contribution in [0.3, 0.4) is 0 Å². The van der Waals surface area contributed by atoms with Crippen molar-refractivity contribution in [3.63, 3.8) is 0 Å². The van der Waals surface area contributed by atoms with Gasteiger partial charge in [0.1, 0.15) is 6.33 Å². The number of anilines is 1. The van der Waals surface area contributed by atoms with E-state index in [1.54, 1.807) is 30.2 Å². The first-order chi connectivity index (χ1) is 10.0. The van der Waals surface area contributed by atoms with Crippen molar-refractivity contribution in [3.8, 4) is 0 Å². The first kappa shape index (κ1) is 15.4. The van der Waals surface area contributed by atoms with Crippen LogP contribution in [0.15, 0.2) is 29.7 Å². The standard InChI is InChI=1S/C12H18N6O2S/c1-3-13-10-5-4-7-14-12(10)21(19,20)16-8-6-11-15-9-18(2)17-11/h4-5,7,9,13,16H,3,6,8H2,1-2H3. The van der Waals surface area contributed by atoms with Crippen LogP contribution in [0.2, 0.25) is 0 Å². The average molecular weight is 310 g/mol. The predicted molar refractivity (Wildman–Crippen MR) is 78.3 cm³/mol. The van der Waals surface area contributed by atoms with Gasteiger partial charge in [-0.15, -0.1) is 0 Å². The molecule has 0 bridgehead atoms. The minimum absolute atomic E-state index is 0.000769. The SMILES string of the molecule is CCNc1cccnc1S(=O)(=O)NCCc1ncn(C)n1. The van der Waals surface area contributed by atoms with Gasteiger partial charge in [0.05, 0.1) is 5.69 Å². The fourth-order valence-electron chi connectivity index (χ4n) is 1.79. The van der Waals surface area contributed by atoms with Crippen LogP contribution in [-0.4, -0.2) is 41.3 Å². The van der Waals surface area contributed by atoms with Gasteiger partial charge in [0.2, 0.25) is 0 Å². The summed E-state index contributed by atoms with van der Waals surface area (Å²) in [4.78, 5) is 7.99. The number of hydrogen-bond donors (Lipinski definition) is 2. The average Bonchev–Trinajstić information content (AvgIpc) is 2.85. The summed E-state index contributed by atoms with van der Waals surface area (Å²) >= 11 is 0. The Balaban J connectivity index is 2.04. The lowest BCUT2D eigenvalue weighted by Crippen LogP contribution is -2.28. The Bertz CT molecular complexity index is 697. The van der Waals surface area contributed by atoms with Crippen LogP contribution in [0.25, 0.3) is 0 Å². The number of rotatable bonds is 7. The Kier molecular flexibility index (Phi) is 4.86.